The zero-order chi connectivity index (χ0) is 13.7. The van der Waals surface area contributed by atoms with Crippen molar-refractivity contribution in [2.24, 2.45) is 5.73 Å². The molecule has 0 bridgehead atoms. The van der Waals surface area contributed by atoms with Crippen LogP contribution < -0.4 is 5.73 Å². The van der Waals surface area contributed by atoms with E-state index < -0.39 is 6.04 Å². The summed E-state index contributed by atoms with van der Waals surface area (Å²) >= 11 is 1.64. The largest absolute Gasteiger partial charge is 0.467 e. The van der Waals surface area contributed by atoms with Crippen molar-refractivity contribution < 1.29 is 9.21 Å². The second-order valence-electron chi connectivity index (χ2n) is 4.37. The maximum atomic E-state index is 12.3. The summed E-state index contributed by atoms with van der Waals surface area (Å²) in [5, 5.41) is 2.00. The number of nitrogens with zero attached hydrogens (tertiary/aromatic N) is 1. The Balaban J connectivity index is 2.10. The Kier molecular flexibility index (Phi) is 4.76. The standard InChI is InChI=1S/C14H18N2O2S/c1-2-13(15)14(17)16(9-11-5-3-7-18-11)10-12-6-4-8-19-12/h3-8,13H,2,9-10,15H2,1H3. The molecule has 2 aromatic heterocycles. The molecule has 102 valence electrons. The summed E-state index contributed by atoms with van der Waals surface area (Å²) in [5.74, 6) is 0.737. The zero-order valence-corrected chi connectivity index (χ0v) is 11.7. The van der Waals surface area contributed by atoms with E-state index in [2.05, 4.69) is 0 Å². The first-order valence-electron chi connectivity index (χ1n) is 6.29. The molecule has 0 aliphatic rings. The lowest BCUT2D eigenvalue weighted by molar-refractivity contribution is -0.134. The van der Waals surface area contributed by atoms with E-state index in [4.69, 9.17) is 10.2 Å². The van der Waals surface area contributed by atoms with Crippen molar-refractivity contribution in [1.29, 1.82) is 0 Å². The predicted molar refractivity (Wildman–Crippen MR) is 75.5 cm³/mol. The smallest absolute Gasteiger partial charge is 0.240 e. The highest BCUT2D eigenvalue weighted by molar-refractivity contribution is 7.09. The van der Waals surface area contributed by atoms with Gasteiger partial charge in [0.2, 0.25) is 5.91 Å². The van der Waals surface area contributed by atoms with Crippen molar-refractivity contribution in [1.82, 2.24) is 4.90 Å². The Bertz CT molecular complexity index is 457. The normalized spacial score (nSPS) is 12.3. The van der Waals surface area contributed by atoms with E-state index >= 15 is 0 Å². The molecule has 2 N–H and O–H groups in total. The molecule has 0 spiro atoms. The summed E-state index contributed by atoms with van der Waals surface area (Å²) in [5.41, 5.74) is 5.86. The molecular weight excluding hydrogens is 260 g/mol. The Morgan fingerprint density at radius 3 is 2.84 bits per heavy atom. The number of carbonyl (C=O) groups excluding carboxylic acids is 1. The Morgan fingerprint density at radius 1 is 1.42 bits per heavy atom. The van der Waals surface area contributed by atoms with Crippen LogP contribution >= 0.6 is 11.3 Å². The molecule has 4 nitrogen and oxygen atoms in total. The van der Waals surface area contributed by atoms with Crippen LogP contribution in [0.5, 0.6) is 0 Å². The molecule has 1 atom stereocenters. The van der Waals surface area contributed by atoms with Gasteiger partial charge in [-0.1, -0.05) is 13.0 Å². The number of hydrogen-bond acceptors (Lipinski definition) is 4. The predicted octanol–water partition coefficient (Wildman–Crippen LogP) is 2.61. The number of thiophene rings is 1. The molecule has 1 unspecified atom stereocenters. The lowest BCUT2D eigenvalue weighted by Crippen LogP contribution is -2.42. The maximum Gasteiger partial charge on any atom is 0.240 e. The molecule has 19 heavy (non-hydrogen) atoms. The Morgan fingerprint density at radius 2 is 2.26 bits per heavy atom. The van der Waals surface area contributed by atoms with E-state index in [1.807, 2.05) is 36.6 Å². The van der Waals surface area contributed by atoms with Gasteiger partial charge in [0.25, 0.3) is 0 Å². The van der Waals surface area contributed by atoms with Gasteiger partial charge in [0.1, 0.15) is 5.76 Å². The van der Waals surface area contributed by atoms with Gasteiger partial charge >= 0.3 is 0 Å². The van der Waals surface area contributed by atoms with Crippen LogP contribution in [-0.2, 0) is 17.9 Å². The van der Waals surface area contributed by atoms with Crippen molar-refractivity contribution in [3.63, 3.8) is 0 Å². The minimum Gasteiger partial charge on any atom is -0.467 e. The first-order valence-corrected chi connectivity index (χ1v) is 7.17. The van der Waals surface area contributed by atoms with Crippen LogP contribution in [0.1, 0.15) is 24.0 Å². The van der Waals surface area contributed by atoms with Gasteiger partial charge in [-0.15, -0.1) is 11.3 Å². The molecule has 1 amide bonds. The van der Waals surface area contributed by atoms with E-state index in [0.717, 1.165) is 10.6 Å². The quantitative estimate of drug-likeness (QED) is 0.883. The monoisotopic (exact) mass is 278 g/mol. The molecule has 5 heteroatoms. The highest BCUT2D eigenvalue weighted by Crippen LogP contribution is 2.16. The highest BCUT2D eigenvalue weighted by Gasteiger charge is 2.21. The molecule has 2 rings (SSSR count). The fourth-order valence-electron chi connectivity index (χ4n) is 1.80. The third-order valence-corrected chi connectivity index (χ3v) is 3.78. The zero-order valence-electron chi connectivity index (χ0n) is 10.9. The van der Waals surface area contributed by atoms with E-state index in [1.54, 1.807) is 22.5 Å². The summed E-state index contributed by atoms with van der Waals surface area (Å²) in [6.45, 7) is 2.95. The Hall–Kier alpha value is -1.59. The lowest BCUT2D eigenvalue weighted by atomic mass is 10.2. The molecule has 0 saturated heterocycles. The van der Waals surface area contributed by atoms with Gasteiger partial charge in [-0.3, -0.25) is 4.79 Å². The van der Waals surface area contributed by atoms with Crippen molar-refractivity contribution in [2.45, 2.75) is 32.5 Å². The summed E-state index contributed by atoms with van der Waals surface area (Å²) in [7, 11) is 0. The van der Waals surface area contributed by atoms with Crippen molar-refractivity contribution in [3.8, 4) is 0 Å². The van der Waals surface area contributed by atoms with Crippen LogP contribution in [-0.4, -0.2) is 16.8 Å². The summed E-state index contributed by atoms with van der Waals surface area (Å²) in [6, 6.07) is 7.24. The molecular formula is C14H18N2O2S. The van der Waals surface area contributed by atoms with Gasteiger partial charge in [0, 0.05) is 4.88 Å². The van der Waals surface area contributed by atoms with Crippen LogP contribution in [0, 0.1) is 0 Å². The van der Waals surface area contributed by atoms with E-state index in [0.29, 0.717) is 19.5 Å². The highest BCUT2D eigenvalue weighted by atomic mass is 32.1. The summed E-state index contributed by atoms with van der Waals surface area (Å²) < 4.78 is 5.32. The molecule has 0 fully saturated rings. The number of furan rings is 1. The van der Waals surface area contributed by atoms with Gasteiger partial charge in [-0.05, 0) is 30.0 Å². The van der Waals surface area contributed by atoms with Gasteiger partial charge < -0.3 is 15.1 Å². The first kappa shape index (κ1) is 13.8. The van der Waals surface area contributed by atoms with E-state index in [9.17, 15) is 4.79 Å². The topological polar surface area (TPSA) is 59.5 Å². The summed E-state index contributed by atoms with van der Waals surface area (Å²) in [4.78, 5) is 15.2. The van der Waals surface area contributed by atoms with Crippen LogP contribution in [0.3, 0.4) is 0 Å². The molecule has 0 aliphatic carbocycles. The average molecular weight is 278 g/mol. The number of rotatable bonds is 6. The second kappa shape index (κ2) is 6.54. The van der Waals surface area contributed by atoms with Gasteiger partial charge in [-0.25, -0.2) is 0 Å². The van der Waals surface area contributed by atoms with Crippen LogP contribution in [0.25, 0.3) is 0 Å². The van der Waals surface area contributed by atoms with Crippen LogP contribution in [0.2, 0.25) is 0 Å². The third kappa shape index (κ3) is 3.68. The number of amides is 1. The minimum absolute atomic E-state index is 0.0349. The third-order valence-electron chi connectivity index (χ3n) is 2.92. The van der Waals surface area contributed by atoms with E-state index in [-0.39, 0.29) is 5.91 Å². The summed E-state index contributed by atoms with van der Waals surface area (Å²) in [6.07, 6.45) is 2.25. The minimum atomic E-state index is -0.449. The van der Waals surface area contributed by atoms with Crippen LogP contribution in [0.15, 0.2) is 40.3 Å². The Labute approximate surface area is 116 Å². The van der Waals surface area contributed by atoms with Gasteiger partial charge in [0.15, 0.2) is 0 Å². The first-order chi connectivity index (χ1) is 9.20. The average Bonchev–Trinajstić information content (AvgIpc) is 3.09. The van der Waals surface area contributed by atoms with E-state index in [1.165, 1.54) is 0 Å². The van der Waals surface area contributed by atoms with Crippen molar-refractivity contribution in [3.05, 3.63) is 46.5 Å². The molecule has 0 aromatic carbocycles. The maximum absolute atomic E-state index is 12.3. The molecule has 2 heterocycles. The van der Waals surface area contributed by atoms with Crippen molar-refractivity contribution >= 4 is 17.2 Å². The number of hydrogen-bond donors (Lipinski definition) is 1. The molecule has 0 radical (unpaired) electrons. The van der Waals surface area contributed by atoms with Crippen molar-refractivity contribution in [2.75, 3.05) is 0 Å². The van der Waals surface area contributed by atoms with Gasteiger partial charge in [0.05, 0.1) is 25.4 Å². The number of nitrogens with two attached hydrogens (primary N) is 1. The lowest BCUT2D eigenvalue weighted by Gasteiger charge is -2.24. The van der Waals surface area contributed by atoms with Crippen LogP contribution in [0.4, 0.5) is 0 Å². The molecule has 0 aliphatic heterocycles. The SMILES string of the molecule is CCC(N)C(=O)N(Cc1ccco1)Cc1cccs1. The fraction of sp³-hybridized carbons (Fsp3) is 0.357. The second-order valence-corrected chi connectivity index (χ2v) is 5.40. The number of carbonyl (C=O) groups is 1. The molecule has 2 aromatic rings. The molecule has 0 saturated carbocycles. The fourth-order valence-corrected chi connectivity index (χ4v) is 2.52. The van der Waals surface area contributed by atoms with Gasteiger partial charge in [-0.2, -0.15) is 0 Å².